The van der Waals surface area contributed by atoms with Crippen molar-refractivity contribution >= 4 is 52.9 Å². The predicted molar refractivity (Wildman–Crippen MR) is 132 cm³/mol. The monoisotopic (exact) mass is 515 g/mol. The molecule has 3 aromatic carbocycles. The molecular weight excluding hydrogens is 497 g/mol. The molecule has 3 rings (SSSR count). The van der Waals surface area contributed by atoms with Gasteiger partial charge in [-0.15, -0.1) is 0 Å². The van der Waals surface area contributed by atoms with Gasteiger partial charge in [0.2, 0.25) is 0 Å². The summed E-state index contributed by atoms with van der Waals surface area (Å²) >= 11 is 11.7. The van der Waals surface area contributed by atoms with Crippen LogP contribution in [0, 0.1) is 0 Å². The van der Waals surface area contributed by atoms with Gasteiger partial charge in [-0.2, -0.15) is 5.10 Å². The number of anilines is 1. The van der Waals surface area contributed by atoms with E-state index >= 15 is 0 Å². The zero-order valence-corrected chi connectivity index (χ0v) is 20.0. The van der Waals surface area contributed by atoms with E-state index in [1.54, 1.807) is 36.4 Å². The van der Waals surface area contributed by atoms with Crippen LogP contribution in [0.1, 0.15) is 15.9 Å². The van der Waals surface area contributed by atoms with Crippen LogP contribution >= 0.6 is 23.2 Å². The molecule has 11 heteroatoms. The normalized spacial score (nSPS) is 10.5. The van der Waals surface area contributed by atoms with Crippen LogP contribution in [0.15, 0.2) is 65.8 Å². The summed E-state index contributed by atoms with van der Waals surface area (Å²) in [4.78, 5) is 36.4. The lowest BCUT2D eigenvalue weighted by Crippen LogP contribution is -2.32. The van der Waals surface area contributed by atoms with Gasteiger partial charge in [-0.3, -0.25) is 9.59 Å². The number of carbonyl (C=O) groups excluding carboxylic acids is 3. The summed E-state index contributed by atoms with van der Waals surface area (Å²) in [6, 6.07) is 15.5. The number of hydrazone groups is 1. The number of carbonyl (C=O) groups is 3. The maximum atomic E-state index is 12.4. The summed E-state index contributed by atoms with van der Waals surface area (Å²) in [5.41, 5.74) is 3.26. The summed E-state index contributed by atoms with van der Waals surface area (Å²) in [7, 11) is 2.94. The van der Waals surface area contributed by atoms with Crippen LogP contribution in [0.25, 0.3) is 0 Å². The molecule has 2 amide bonds. The second-order valence-electron chi connectivity index (χ2n) is 6.81. The molecule has 0 saturated heterocycles. The third-order valence-electron chi connectivity index (χ3n) is 4.48. The van der Waals surface area contributed by atoms with Crippen molar-refractivity contribution in [3.63, 3.8) is 0 Å². The molecule has 0 aromatic heterocycles. The van der Waals surface area contributed by atoms with Crippen molar-refractivity contribution in [2.45, 2.75) is 0 Å². The molecule has 0 bridgehead atoms. The van der Waals surface area contributed by atoms with E-state index < -0.39 is 17.8 Å². The fourth-order valence-electron chi connectivity index (χ4n) is 2.71. The Morgan fingerprint density at radius 2 is 1.57 bits per heavy atom. The molecule has 0 unspecified atom stereocenters. The predicted octanol–water partition coefficient (Wildman–Crippen LogP) is 4.32. The number of esters is 1. The topological polar surface area (TPSA) is 115 Å². The average Bonchev–Trinajstić information content (AvgIpc) is 2.86. The Hall–Kier alpha value is -4.08. The van der Waals surface area contributed by atoms with Gasteiger partial charge in [0.25, 0.3) is 0 Å². The molecule has 35 heavy (non-hydrogen) atoms. The Kier molecular flexibility index (Phi) is 8.66. The number of nitrogens with zero attached hydrogens (tertiary/aromatic N) is 1. The molecule has 0 saturated carbocycles. The lowest BCUT2D eigenvalue weighted by molar-refractivity contribution is -0.136. The number of rotatable bonds is 7. The first-order chi connectivity index (χ1) is 16.8. The van der Waals surface area contributed by atoms with Gasteiger partial charge in [-0.1, -0.05) is 23.2 Å². The first-order valence-corrected chi connectivity index (χ1v) is 10.7. The van der Waals surface area contributed by atoms with Gasteiger partial charge < -0.3 is 19.5 Å². The molecule has 0 aliphatic heterocycles. The van der Waals surface area contributed by atoms with Crippen molar-refractivity contribution in [3.05, 3.63) is 81.8 Å². The van der Waals surface area contributed by atoms with Gasteiger partial charge >= 0.3 is 17.8 Å². The number of amides is 2. The highest BCUT2D eigenvalue weighted by Crippen LogP contribution is 2.29. The molecule has 0 spiro atoms. The van der Waals surface area contributed by atoms with Crippen molar-refractivity contribution < 1.29 is 28.6 Å². The van der Waals surface area contributed by atoms with E-state index in [0.29, 0.717) is 27.6 Å². The van der Waals surface area contributed by atoms with Crippen LogP contribution in [-0.2, 0) is 9.59 Å². The summed E-state index contributed by atoms with van der Waals surface area (Å²) in [6.45, 7) is 0. The van der Waals surface area contributed by atoms with Gasteiger partial charge in [-0.25, -0.2) is 10.2 Å². The number of nitrogens with one attached hydrogen (secondary N) is 2. The van der Waals surface area contributed by atoms with Crippen LogP contribution in [-0.4, -0.2) is 38.2 Å². The maximum absolute atomic E-state index is 12.4. The van der Waals surface area contributed by atoms with Gasteiger partial charge in [-0.05, 0) is 66.2 Å². The minimum atomic E-state index is -0.996. The largest absolute Gasteiger partial charge is 0.497 e. The summed E-state index contributed by atoms with van der Waals surface area (Å²) in [5.74, 6) is -1.45. The highest BCUT2D eigenvalue weighted by atomic mass is 35.5. The summed E-state index contributed by atoms with van der Waals surface area (Å²) in [6.07, 6.45) is 1.29. The number of benzene rings is 3. The van der Waals surface area contributed by atoms with Crippen LogP contribution in [0.2, 0.25) is 10.0 Å². The van der Waals surface area contributed by atoms with E-state index in [1.165, 1.54) is 44.7 Å². The van der Waals surface area contributed by atoms with Gasteiger partial charge in [0.1, 0.15) is 5.75 Å². The van der Waals surface area contributed by atoms with Crippen molar-refractivity contribution in [3.8, 4) is 17.2 Å². The summed E-state index contributed by atoms with van der Waals surface area (Å²) in [5, 5.41) is 6.68. The first-order valence-electron chi connectivity index (χ1n) is 9.94. The Morgan fingerprint density at radius 1 is 0.829 bits per heavy atom. The van der Waals surface area contributed by atoms with Gasteiger partial charge in [0.05, 0.1) is 36.0 Å². The zero-order valence-electron chi connectivity index (χ0n) is 18.5. The number of halogens is 2. The van der Waals surface area contributed by atoms with E-state index in [0.717, 1.165) is 0 Å². The second kappa shape index (κ2) is 11.9. The van der Waals surface area contributed by atoms with E-state index in [9.17, 15) is 14.4 Å². The Labute approximate surface area is 210 Å². The molecule has 9 nitrogen and oxygen atoms in total. The average molecular weight is 516 g/mol. The third kappa shape index (κ3) is 6.95. The highest BCUT2D eigenvalue weighted by molar-refractivity contribution is 6.43. The van der Waals surface area contributed by atoms with E-state index in [-0.39, 0.29) is 16.5 Å². The fourth-order valence-corrected chi connectivity index (χ4v) is 3.01. The van der Waals surface area contributed by atoms with Crippen molar-refractivity contribution in [2.75, 3.05) is 19.5 Å². The molecule has 3 aromatic rings. The molecule has 0 atom stereocenters. The van der Waals surface area contributed by atoms with Gasteiger partial charge in [0, 0.05) is 5.69 Å². The molecule has 0 aliphatic carbocycles. The van der Waals surface area contributed by atoms with Crippen molar-refractivity contribution in [1.82, 2.24) is 5.43 Å². The second-order valence-corrected chi connectivity index (χ2v) is 7.62. The number of methoxy groups -OCH3 is 2. The van der Waals surface area contributed by atoms with Gasteiger partial charge in [0.15, 0.2) is 11.5 Å². The zero-order chi connectivity index (χ0) is 25.4. The SMILES string of the molecule is COc1ccc(C(=O)Oc2ccc(C=NNC(=O)C(=O)Nc3ccc(Cl)c(Cl)c3)cc2OC)cc1. The standard InChI is InChI=1S/C24H19Cl2N3O6/c1-33-17-7-4-15(5-8-17)24(32)35-20-10-3-14(11-21(20)34-2)13-27-29-23(31)22(30)28-16-6-9-18(25)19(26)12-16/h3-13H,1-2H3,(H,28,30)(H,29,31). The minimum Gasteiger partial charge on any atom is -0.497 e. The molecular formula is C24H19Cl2N3O6. The van der Waals surface area contributed by atoms with E-state index in [4.69, 9.17) is 37.4 Å². The Morgan fingerprint density at radius 3 is 2.23 bits per heavy atom. The lowest BCUT2D eigenvalue weighted by Gasteiger charge is -2.10. The maximum Gasteiger partial charge on any atom is 0.343 e. The third-order valence-corrected chi connectivity index (χ3v) is 5.22. The molecule has 180 valence electrons. The number of ether oxygens (including phenoxy) is 3. The van der Waals surface area contributed by atoms with E-state index in [1.807, 2.05) is 0 Å². The van der Waals surface area contributed by atoms with Crippen LogP contribution in [0.5, 0.6) is 17.2 Å². The Balaban J connectivity index is 1.60. The van der Waals surface area contributed by atoms with Crippen molar-refractivity contribution in [2.24, 2.45) is 5.10 Å². The molecule has 0 radical (unpaired) electrons. The quantitative estimate of drug-likeness (QED) is 0.159. The Bertz CT molecular complexity index is 1280. The molecule has 0 heterocycles. The highest BCUT2D eigenvalue weighted by Gasteiger charge is 2.15. The fraction of sp³-hybridized carbons (Fsp3) is 0.0833. The lowest BCUT2D eigenvalue weighted by atomic mass is 10.2. The van der Waals surface area contributed by atoms with Crippen molar-refractivity contribution in [1.29, 1.82) is 0 Å². The number of hydrogen-bond donors (Lipinski definition) is 2. The minimum absolute atomic E-state index is 0.190. The summed E-state index contributed by atoms with van der Waals surface area (Å²) < 4.78 is 15.8. The molecule has 0 aliphatic rings. The van der Waals surface area contributed by atoms with Crippen LogP contribution in [0.3, 0.4) is 0 Å². The van der Waals surface area contributed by atoms with Crippen LogP contribution < -0.4 is 25.0 Å². The van der Waals surface area contributed by atoms with E-state index in [2.05, 4.69) is 15.8 Å². The molecule has 2 N–H and O–H groups in total. The van der Waals surface area contributed by atoms with Crippen LogP contribution in [0.4, 0.5) is 5.69 Å². The first kappa shape index (κ1) is 25.5. The molecule has 0 fully saturated rings. The number of hydrogen-bond acceptors (Lipinski definition) is 7. The smallest absolute Gasteiger partial charge is 0.343 e.